The van der Waals surface area contributed by atoms with Crippen molar-refractivity contribution in [1.82, 2.24) is 0 Å². The average molecular weight is 1010 g/mol. The van der Waals surface area contributed by atoms with Gasteiger partial charge in [-0.1, -0.05) is 273 Å². The zero-order valence-corrected chi connectivity index (χ0v) is 38.2. The van der Waals surface area contributed by atoms with Crippen molar-refractivity contribution in [3.63, 3.8) is 0 Å². The first-order valence-corrected chi connectivity index (χ1v) is 25.0. The molecule has 0 heterocycles. The second kappa shape index (κ2) is 25.3. The fourth-order valence-electron chi connectivity index (χ4n) is 6.54. The normalized spacial score (nSPS) is 10.3. The largest absolute Gasteiger partial charge is 1.00 e. The van der Waals surface area contributed by atoms with Crippen LogP contribution in [0.25, 0.3) is 0 Å². The van der Waals surface area contributed by atoms with Gasteiger partial charge in [-0.15, -0.1) is 0 Å². The van der Waals surface area contributed by atoms with Gasteiger partial charge in [-0.3, -0.25) is 0 Å². The number of carbonyl (C=O) groups is 1. The van der Waals surface area contributed by atoms with Gasteiger partial charge in [0, 0.05) is 0 Å². The van der Waals surface area contributed by atoms with Crippen LogP contribution in [0.2, 0.25) is 0 Å². The molecule has 0 atom stereocenters. The van der Waals surface area contributed by atoms with E-state index >= 15 is 0 Å². The zero-order valence-electron chi connectivity index (χ0n) is 34.1. The van der Waals surface area contributed by atoms with E-state index in [1.54, 1.807) is 0 Å². The third kappa shape index (κ3) is 13.3. The molecular weight excluding hydrogens is 962 g/mol. The van der Waals surface area contributed by atoms with Crippen LogP contribution >= 0.6 is 23.8 Å². The molecule has 5 heteroatoms. The molecule has 9 aromatic rings. The van der Waals surface area contributed by atoms with Crippen molar-refractivity contribution < 1.29 is 25.1 Å². The van der Waals surface area contributed by atoms with E-state index in [1.807, 2.05) is 0 Å². The Labute approximate surface area is 372 Å². The van der Waals surface area contributed by atoms with Crippen LogP contribution in [0.1, 0.15) is 1.43 Å². The van der Waals surface area contributed by atoms with Gasteiger partial charge in [0.1, 0.15) is 0 Å². The predicted molar refractivity (Wildman–Crippen MR) is 263 cm³/mol. The second-order valence-electron chi connectivity index (χ2n) is 13.1. The third-order valence-electron chi connectivity index (χ3n) is 9.13. The summed E-state index contributed by atoms with van der Waals surface area (Å²) in [5.41, 5.74) is 0. The Morgan fingerprint density at radius 1 is 0.233 bits per heavy atom. The Balaban J connectivity index is 0.000000166. The summed E-state index contributed by atoms with van der Waals surface area (Å²) in [4.78, 5) is 9.56. The van der Waals surface area contributed by atoms with E-state index in [4.69, 9.17) is 4.79 Å². The Kier molecular flexibility index (Phi) is 18.6. The summed E-state index contributed by atoms with van der Waals surface area (Å²) in [7, 11) is -1.34. The number of hydrogen-bond acceptors (Lipinski definition) is 1. The Bertz CT molecular complexity index is 1930. The monoisotopic (exact) mass is 1010 g/mol. The molecule has 0 saturated heterocycles. The molecule has 0 N–H and O–H groups in total. The number of rotatable bonds is 9. The van der Waals surface area contributed by atoms with E-state index in [1.165, 1.54) is 66.6 Å². The van der Waals surface area contributed by atoms with Gasteiger partial charge in [-0.05, 0) is 71.5 Å². The summed E-state index contributed by atoms with van der Waals surface area (Å²) in [5.74, 6) is 0. The molecule has 0 bridgehead atoms. The summed E-state index contributed by atoms with van der Waals surface area (Å²) < 4.78 is 0. The SMILES string of the molecule is O=[CH][Ir-].[H+].c1ccc(P(c2ccccc2)c2ccccc2)cc1.c1ccc(P(c2ccccc2)c2ccccc2)cc1.c1ccc(P(c2ccccc2)c2ccccc2)cc1. The van der Waals surface area contributed by atoms with Crippen LogP contribution in [-0.2, 0) is 23.7 Å². The minimum atomic E-state index is -0.446. The van der Waals surface area contributed by atoms with Crippen LogP contribution < -0.4 is 47.7 Å². The van der Waals surface area contributed by atoms with Gasteiger partial charge in [0.2, 0.25) is 0 Å². The maximum atomic E-state index is 8.81. The standard InChI is InChI=1S/3C18H15P.CHO.Ir/c3*1-4-10-16(11-5-1)19(17-12-6-2-7-13-17)18-14-8-3-9-15-18;1-2;/h3*1-15H;1H;/q;;;;-1/p+1. The Morgan fingerprint density at radius 2 is 0.317 bits per heavy atom. The first-order chi connectivity index (χ1) is 29.8. The molecule has 9 rings (SSSR count). The molecule has 9 aromatic carbocycles. The Morgan fingerprint density at radius 3 is 0.400 bits per heavy atom. The first-order valence-electron chi connectivity index (χ1n) is 19.6. The Hall–Kier alpha value is -5.41. The van der Waals surface area contributed by atoms with Crippen molar-refractivity contribution in [2.24, 2.45) is 0 Å². The van der Waals surface area contributed by atoms with E-state index in [9.17, 15) is 0 Å². The molecule has 0 unspecified atom stereocenters. The topological polar surface area (TPSA) is 17.1 Å². The van der Waals surface area contributed by atoms with Crippen molar-refractivity contribution in [2.75, 3.05) is 0 Å². The van der Waals surface area contributed by atoms with E-state index < -0.39 is 23.8 Å². The van der Waals surface area contributed by atoms with Gasteiger partial charge in [-0.2, -0.15) is 0 Å². The van der Waals surface area contributed by atoms with Gasteiger partial charge in [-0.25, -0.2) is 0 Å². The number of carbonyl (C=O) groups excluding carboxylic acids is 1. The molecule has 297 valence electrons. The maximum Gasteiger partial charge on any atom is 1.00 e. The molecule has 0 aromatic heterocycles. The molecule has 0 fully saturated rings. The number of hydrogen-bond donors (Lipinski definition) is 0. The first kappa shape index (κ1) is 44.1. The van der Waals surface area contributed by atoms with Crippen molar-refractivity contribution in [3.05, 3.63) is 273 Å². The maximum absolute atomic E-state index is 8.81. The molecule has 0 spiro atoms. The van der Waals surface area contributed by atoms with E-state index in [0.717, 1.165) is 4.80 Å². The van der Waals surface area contributed by atoms with Gasteiger partial charge in [0.15, 0.2) is 0 Å². The van der Waals surface area contributed by atoms with Crippen LogP contribution in [0.4, 0.5) is 0 Å². The second-order valence-corrected chi connectivity index (χ2v) is 20.3. The smallest absolute Gasteiger partial charge is 0.0622 e. The van der Waals surface area contributed by atoms with Crippen LogP contribution in [-0.4, -0.2) is 4.80 Å². The summed E-state index contributed by atoms with van der Waals surface area (Å²) in [6.07, 6.45) is 0. The summed E-state index contributed by atoms with van der Waals surface area (Å²) >= 11 is 1.44. The van der Waals surface area contributed by atoms with Crippen LogP contribution in [0.5, 0.6) is 0 Å². The summed E-state index contributed by atoms with van der Waals surface area (Å²) in [6.45, 7) is 0. The van der Waals surface area contributed by atoms with Crippen LogP contribution in [0.3, 0.4) is 0 Å². The molecule has 0 aliphatic heterocycles. The molecule has 0 aliphatic rings. The van der Waals surface area contributed by atoms with Gasteiger partial charge in [0.25, 0.3) is 0 Å². The van der Waals surface area contributed by atoms with Crippen LogP contribution in [0.15, 0.2) is 273 Å². The van der Waals surface area contributed by atoms with Gasteiger partial charge in [0.05, 0.1) is 0 Å². The van der Waals surface area contributed by atoms with E-state index in [-0.39, 0.29) is 1.43 Å². The molecular formula is C55H47IrOP3. The average Bonchev–Trinajstić information content (AvgIpc) is 3.33. The van der Waals surface area contributed by atoms with Crippen molar-refractivity contribution >= 4 is 76.3 Å². The molecule has 1 nitrogen and oxygen atoms in total. The number of benzene rings is 9. The van der Waals surface area contributed by atoms with Gasteiger partial charge >= 0.3 is 29.9 Å². The molecule has 0 aliphatic carbocycles. The minimum absolute atomic E-state index is 0. The molecule has 60 heavy (non-hydrogen) atoms. The quantitative estimate of drug-likeness (QED) is 0.104. The third-order valence-corrected chi connectivity index (χ3v) is 16.5. The van der Waals surface area contributed by atoms with Crippen molar-refractivity contribution in [2.45, 2.75) is 0 Å². The fraction of sp³-hybridized carbons (Fsp3) is 0. The molecule has 0 amide bonds. The minimum Gasteiger partial charge on any atom is -0.0622 e. The zero-order chi connectivity index (χ0) is 41.5. The predicted octanol–water partition coefficient (Wildman–Crippen LogP) is 10.2. The van der Waals surface area contributed by atoms with Crippen molar-refractivity contribution in [3.8, 4) is 0 Å². The summed E-state index contributed by atoms with van der Waals surface area (Å²) in [6, 6.07) is 97.0. The van der Waals surface area contributed by atoms with Crippen molar-refractivity contribution in [1.29, 1.82) is 0 Å². The van der Waals surface area contributed by atoms with E-state index in [2.05, 4.69) is 273 Å². The summed E-state index contributed by atoms with van der Waals surface area (Å²) in [5, 5.41) is 12.6. The molecule has 0 radical (unpaired) electrons. The van der Waals surface area contributed by atoms with Crippen LogP contribution in [0, 0.1) is 0 Å². The molecule has 0 saturated carbocycles. The van der Waals surface area contributed by atoms with E-state index in [0.29, 0.717) is 0 Å². The fourth-order valence-corrected chi connectivity index (χ4v) is 13.5. The van der Waals surface area contributed by atoms with Gasteiger partial charge < -0.3 is 0 Å².